The number of carbonyl (C=O) groups is 1. The zero-order valence-electron chi connectivity index (χ0n) is 17.0. The first kappa shape index (κ1) is 21.1. The predicted octanol–water partition coefficient (Wildman–Crippen LogP) is 2.78. The van der Waals surface area contributed by atoms with Gasteiger partial charge < -0.3 is 24.8 Å². The summed E-state index contributed by atoms with van der Waals surface area (Å²) in [6.07, 6.45) is 1.98. The van der Waals surface area contributed by atoms with Crippen LogP contribution < -0.4 is 20.1 Å². The van der Waals surface area contributed by atoms with Crippen LogP contribution in [0.5, 0.6) is 11.5 Å². The van der Waals surface area contributed by atoms with E-state index in [-0.39, 0.29) is 17.9 Å². The van der Waals surface area contributed by atoms with Gasteiger partial charge in [-0.3, -0.25) is 4.79 Å². The lowest BCUT2D eigenvalue weighted by Gasteiger charge is -2.37. The molecule has 2 N–H and O–H groups in total. The highest BCUT2D eigenvalue weighted by molar-refractivity contribution is 5.77. The molecular weight excluding hydrogens is 368 g/mol. The molecule has 2 aromatic carbocycles. The molecule has 0 bridgehead atoms. The van der Waals surface area contributed by atoms with E-state index in [1.54, 1.807) is 7.11 Å². The van der Waals surface area contributed by atoms with Crippen LogP contribution in [0.25, 0.3) is 0 Å². The van der Waals surface area contributed by atoms with E-state index < -0.39 is 0 Å². The molecule has 0 spiro atoms. The minimum atomic E-state index is -0.122. The Morgan fingerprint density at radius 1 is 1.00 bits per heavy atom. The molecule has 0 radical (unpaired) electrons. The molecule has 0 atom stereocenters. The second kappa shape index (κ2) is 10.8. The lowest BCUT2D eigenvalue weighted by Crippen LogP contribution is -2.47. The fourth-order valence-electron chi connectivity index (χ4n) is 3.49. The Balaban J connectivity index is 1.40. The van der Waals surface area contributed by atoms with E-state index in [0.717, 1.165) is 37.2 Å². The lowest BCUT2D eigenvalue weighted by atomic mass is 9.79. The number of amides is 1. The third kappa shape index (κ3) is 6.76. The van der Waals surface area contributed by atoms with Crippen LogP contribution in [0.15, 0.2) is 54.6 Å². The van der Waals surface area contributed by atoms with Crippen molar-refractivity contribution in [2.24, 2.45) is 5.41 Å². The van der Waals surface area contributed by atoms with Crippen LogP contribution in [0.3, 0.4) is 0 Å². The average molecular weight is 399 g/mol. The van der Waals surface area contributed by atoms with E-state index >= 15 is 0 Å². The van der Waals surface area contributed by atoms with E-state index in [9.17, 15) is 4.79 Å². The van der Waals surface area contributed by atoms with Crippen molar-refractivity contribution in [1.29, 1.82) is 0 Å². The zero-order chi connectivity index (χ0) is 20.4. The number of benzene rings is 2. The number of piperidine rings is 1. The molecule has 1 amide bonds. The summed E-state index contributed by atoms with van der Waals surface area (Å²) in [5.41, 5.74) is 1.12. The maximum Gasteiger partial charge on any atom is 0.257 e. The Hall–Kier alpha value is -2.57. The summed E-state index contributed by atoms with van der Waals surface area (Å²) in [6, 6.07) is 17.3. The monoisotopic (exact) mass is 398 g/mol. The highest BCUT2D eigenvalue weighted by Crippen LogP contribution is 2.28. The third-order valence-corrected chi connectivity index (χ3v) is 5.22. The summed E-state index contributed by atoms with van der Waals surface area (Å²) in [5, 5.41) is 6.35. The van der Waals surface area contributed by atoms with Crippen LogP contribution in [0.4, 0.5) is 0 Å². The first-order valence-corrected chi connectivity index (χ1v) is 10.1. The summed E-state index contributed by atoms with van der Waals surface area (Å²) in [6.45, 7) is 3.67. The van der Waals surface area contributed by atoms with Crippen molar-refractivity contribution in [1.82, 2.24) is 10.6 Å². The molecule has 3 rings (SSSR count). The molecule has 156 valence electrons. The van der Waals surface area contributed by atoms with Crippen molar-refractivity contribution >= 4 is 5.91 Å². The van der Waals surface area contributed by atoms with Crippen LogP contribution in [-0.2, 0) is 16.1 Å². The number of ether oxygens (including phenoxy) is 3. The van der Waals surface area contributed by atoms with Crippen LogP contribution in [0, 0.1) is 5.41 Å². The van der Waals surface area contributed by atoms with Crippen molar-refractivity contribution in [3.63, 3.8) is 0 Å². The lowest BCUT2D eigenvalue weighted by molar-refractivity contribution is -0.124. The van der Waals surface area contributed by atoms with Gasteiger partial charge >= 0.3 is 0 Å². The van der Waals surface area contributed by atoms with E-state index in [1.807, 2.05) is 54.6 Å². The summed E-state index contributed by atoms with van der Waals surface area (Å²) in [4.78, 5) is 12.2. The number of carbonyl (C=O) groups excluding carboxylic acids is 1. The Kier molecular flexibility index (Phi) is 7.90. The van der Waals surface area contributed by atoms with Crippen LogP contribution in [-0.4, -0.2) is 45.9 Å². The largest absolute Gasteiger partial charge is 0.489 e. The van der Waals surface area contributed by atoms with Gasteiger partial charge in [-0.2, -0.15) is 0 Å². The highest BCUT2D eigenvalue weighted by Gasteiger charge is 2.32. The normalized spacial score (nSPS) is 15.5. The maximum absolute atomic E-state index is 12.2. The minimum Gasteiger partial charge on any atom is -0.489 e. The molecular formula is C23H30N2O4. The van der Waals surface area contributed by atoms with Gasteiger partial charge in [0.15, 0.2) is 6.61 Å². The first-order valence-electron chi connectivity index (χ1n) is 10.1. The minimum absolute atomic E-state index is 0.00734. The van der Waals surface area contributed by atoms with Gasteiger partial charge in [0, 0.05) is 19.1 Å². The molecule has 1 aliphatic heterocycles. The maximum atomic E-state index is 12.2. The van der Waals surface area contributed by atoms with Gasteiger partial charge in [0.2, 0.25) is 0 Å². The molecule has 2 aromatic rings. The molecule has 0 aliphatic carbocycles. The average Bonchev–Trinajstić information content (AvgIpc) is 2.77. The summed E-state index contributed by atoms with van der Waals surface area (Å²) in [5.74, 6) is 1.28. The third-order valence-electron chi connectivity index (χ3n) is 5.22. The summed E-state index contributed by atoms with van der Waals surface area (Å²) < 4.78 is 16.8. The fraction of sp³-hybridized carbons (Fsp3) is 0.435. The van der Waals surface area contributed by atoms with Crippen molar-refractivity contribution in [3.8, 4) is 11.5 Å². The number of rotatable bonds is 10. The molecule has 6 nitrogen and oxygen atoms in total. The van der Waals surface area contributed by atoms with Gasteiger partial charge in [0.1, 0.15) is 18.1 Å². The van der Waals surface area contributed by atoms with Crippen molar-refractivity contribution in [3.05, 3.63) is 60.2 Å². The van der Waals surface area contributed by atoms with Crippen LogP contribution in [0.2, 0.25) is 0 Å². The van der Waals surface area contributed by atoms with Crippen LogP contribution in [0.1, 0.15) is 18.4 Å². The van der Waals surface area contributed by atoms with Gasteiger partial charge in [0.05, 0.1) is 6.61 Å². The molecule has 0 unspecified atom stereocenters. The molecule has 1 aliphatic rings. The first-order chi connectivity index (χ1) is 14.2. The SMILES string of the molecule is COCC1(CNC(=O)COc2ccc(OCc3ccccc3)cc2)CCNCC1. The van der Waals surface area contributed by atoms with E-state index in [0.29, 0.717) is 25.5 Å². The van der Waals surface area contributed by atoms with Crippen LogP contribution >= 0.6 is 0 Å². The molecule has 1 heterocycles. The highest BCUT2D eigenvalue weighted by atomic mass is 16.5. The fourth-order valence-corrected chi connectivity index (χ4v) is 3.49. The number of nitrogens with one attached hydrogen (secondary N) is 2. The molecule has 0 aromatic heterocycles. The van der Waals surface area contributed by atoms with E-state index in [2.05, 4.69) is 10.6 Å². The Labute approximate surface area is 172 Å². The zero-order valence-corrected chi connectivity index (χ0v) is 17.0. The van der Waals surface area contributed by atoms with Crippen molar-refractivity contribution in [2.45, 2.75) is 19.4 Å². The Morgan fingerprint density at radius 3 is 2.31 bits per heavy atom. The summed E-state index contributed by atoms with van der Waals surface area (Å²) in [7, 11) is 1.71. The van der Waals surface area contributed by atoms with Crippen molar-refractivity contribution in [2.75, 3.05) is 40.0 Å². The smallest absolute Gasteiger partial charge is 0.257 e. The molecule has 6 heteroatoms. The number of hydrogen-bond donors (Lipinski definition) is 2. The van der Waals surface area contributed by atoms with Gasteiger partial charge in [-0.15, -0.1) is 0 Å². The van der Waals surface area contributed by atoms with Gasteiger partial charge in [-0.25, -0.2) is 0 Å². The molecule has 0 saturated carbocycles. The predicted molar refractivity (Wildman–Crippen MR) is 112 cm³/mol. The topological polar surface area (TPSA) is 68.8 Å². The van der Waals surface area contributed by atoms with E-state index in [1.165, 1.54) is 0 Å². The molecule has 1 fully saturated rings. The van der Waals surface area contributed by atoms with Crippen molar-refractivity contribution < 1.29 is 19.0 Å². The summed E-state index contributed by atoms with van der Waals surface area (Å²) >= 11 is 0. The number of methoxy groups -OCH3 is 1. The standard InChI is InChI=1S/C23H30N2O4/c1-27-18-23(11-13-24-14-12-23)17-25-22(26)16-29-21-9-7-20(8-10-21)28-15-19-5-3-2-4-6-19/h2-10,24H,11-18H2,1H3,(H,25,26). The van der Waals surface area contributed by atoms with Gasteiger partial charge in [-0.1, -0.05) is 30.3 Å². The Morgan fingerprint density at radius 2 is 1.66 bits per heavy atom. The van der Waals surface area contributed by atoms with Gasteiger partial charge in [0.25, 0.3) is 5.91 Å². The quantitative estimate of drug-likeness (QED) is 0.644. The molecule has 1 saturated heterocycles. The second-order valence-corrected chi connectivity index (χ2v) is 7.49. The second-order valence-electron chi connectivity index (χ2n) is 7.49. The molecule has 29 heavy (non-hydrogen) atoms. The Bertz CT molecular complexity index is 738. The number of hydrogen-bond acceptors (Lipinski definition) is 5. The van der Waals surface area contributed by atoms with E-state index in [4.69, 9.17) is 14.2 Å². The van der Waals surface area contributed by atoms with Gasteiger partial charge in [-0.05, 0) is 55.8 Å².